The Kier molecular flexibility index (Phi) is 8.57. The summed E-state index contributed by atoms with van der Waals surface area (Å²) in [5.41, 5.74) is 1.03. The van der Waals surface area contributed by atoms with Crippen LogP contribution in [0.4, 0.5) is 14.5 Å². The van der Waals surface area contributed by atoms with Gasteiger partial charge in [0.05, 0.1) is 20.2 Å². The minimum Gasteiger partial charge on any atom is -0.468 e. The number of halogens is 2. The van der Waals surface area contributed by atoms with Crippen LogP contribution in [0.25, 0.3) is 0 Å². The Morgan fingerprint density at radius 3 is 2.44 bits per heavy atom. The molecule has 0 aliphatic carbocycles. The Morgan fingerprint density at radius 2 is 1.81 bits per heavy atom. The van der Waals surface area contributed by atoms with Gasteiger partial charge in [0.1, 0.15) is 11.1 Å². The molecule has 0 atom stereocenters. The predicted octanol–water partition coefficient (Wildman–Crippen LogP) is 2.60. The summed E-state index contributed by atoms with van der Waals surface area (Å²) >= 11 is 0. The summed E-state index contributed by atoms with van der Waals surface area (Å²) in [5, 5.41) is 5.42. The summed E-state index contributed by atoms with van der Waals surface area (Å²) in [6.07, 6.45) is 0. The second-order valence-electron chi connectivity index (χ2n) is 8.89. The van der Waals surface area contributed by atoms with Gasteiger partial charge in [-0.1, -0.05) is 38.1 Å². The molecule has 2 amide bonds. The lowest BCUT2D eigenvalue weighted by Crippen LogP contribution is -2.67. The van der Waals surface area contributed by atoms with Gasteiger partial charge in [-0.05, 0) is 36.1 Å². The molecule has 1 fully saturated rings. The van der Waals surface area contributed by atoms with Crippen molar-refractivity contribution in [3.05, 3.63) is 53.2 Å². The molecule has 0 radical (unpaired) electrons. The number of methoxy groups -OCH3 is 1. The van der Waals surface area contributed by atoms with Crippen molar-refractivity contribution < 1.29 is 32.6 Å². The fraction of sp³-hybridized carbons (Fsp3) is 0.440. The normalized spacial score (nSPS) is 14.4. The van der Waals surface area contributed by atoms with E-state index in [0.29, 0.717) is 5.69 Å². The third kappa shape index (κ3) is 5.96. The van der Waals surface area contributed by atoms with E-state index in [0.717, 1.165) is 11.1 Å². The second-order valence-corrected chi connectivity index (χ2v) is 8.89. The number of aromatic nitrogens is 1. The van der Waals surface area contributed by atoms with Crippen LogP contribution in [0.5, 0.6) is 5.88 Å². The van der Waals surface area contributed by atoms with E-state index in [2.05, 4.69) is 25.1 Å². The summed E-state index contributed by atoms with van der Waals surface area (Å²) in [6.45, 7) is 2.44. The predicted molar refractivity (Wildman–Crippen MR) is 128 cm³/mol. The number of anilines is 1. The van der Waals surface area contributed by atoms with Gasteiger partial charge in [-0.2, -0.15) is 8.78 Å². The van der Waals surface area contributed by atoms with Gasteiger partial charge in [0.25, 0.3) is 0 Å². The highest BCUT2D eigenvalue weighted by Crippen LogP contribution is 2.40. The van der Waals surface area contributed by atoms with Crippen molar-refractivity contribution in [2.24, 2.45) is 0 Å². The van der Waals surface area contributed by atoms with Crippen molar-refractivity contribution in [2.45, 2.75) is 38.7 Å². The molecular formula is C25H30F2N4O5. The van der Waals surface area contributed by atoms with Crippen LogP contribution in [-0.2, 0) is 24.5 Å². The number of hydrogen-bond donors (Lipinski definition) is 2. The largest absolute Gasteiger partial charge is 0.468 e. The van der Waals surface area contributed by atoms with E-state index >= 15 is 0 Å². The van der Waals surface area contributed by atoms with E-state index in [1.165, 1.54) is 18.1 Å². The van der Waals surface area contributed by atoms with Crippen LogP contribution in [0.1, 0.15) is 36.6 Å². The molecule has 1 aromatic heterocycles. The molecule has 0 saturated carbocycles. The highest BCUT2D eigenvalue weighted by atomic mass is 19.3. The van der Waals surface area contributed by atoms with Crippen LogP contribution in [0.2, 0.25) is 0 Å². The standard InChI is InChI=1S/C25H30F2N4O5/c1-15(2)17-7-5-6-8-18(17)25(13-31(14-25)20(32)11-28-12-21(33)35-4)23(34)30-19-10-9-16(3)29-22(19)36-24(26)27/h5-10,15,24,28H,11-14H2,1-4H3,(H,30,34). The minimum absolute atomic E-state index is 0.0109. The number of amides is 2. The summed E-state index contributed by atoms with van der Waals surface area (Å²) in [5.74, 6) is -1.55. The number of carbonyl (C=O) groups is 3. The lowest BCUT2D eigenvalue weighted by Gasteiger charge is -2.50. The number of esters is 1. The minimum atomic E-state index is -3.11. The molecule has 11 heteroatoms. The zero-order valence-electron chi connectivity index (χ0n) is 20.6. The van der Waals surface area contributed by atoms with Gasteiger partial charge in [-0.25, -0.2) is 4.98 Å². The number of pyridine rings is 1. The molecule has 3 rings (SSSR count). The van der Waals surface area contributed by atoms with Crippen LogP contribution in [0.15, 0.2) is 36.4 Å². The molecule has 36 heavy (non-hydrogen) atoms. The Bertz CT molecular complexity index is 1120. The first-order valence-corrected chi connectivity index (χ1v) is 11.5. The lowest BCUT2D eigenvalue weighted by atomic mass is 9.69. The van der Waals surface area contributed by atoms with E-state index in [-0.39, 0.29) is 49.6 Å². The number of nitrogens with zero attached hydrogens (tertiary/aromatic N) is 2. The first kappa shape index (κ1) is 27.0. The molecule has 2 N–H and O–H groups in total. The molecule has 9 nitrogen and oxygen atoms in total. The number of benzene rings is 1. The molecule has 194 valence electrons. The Labute approximate surface area is 208 Å². The summed E-state index contributed by atoms with van der Waals surface area (Å²) in [6, 6.07) is 10.5. The van der Waals surface area contributed by atoms with Crippen molar-refractivity contribution in [2.75, 3.05) is 38.6 Å². The number of hydrogen-bond acceptors (Lipinski definition) is 7. The molecule has 2 aromatic rings. The average Bonchev–Trinajstić information content (AvgIpc) is 2.80. The highest BCUT2D eigenvalue weighted by Gasteiger charge is 2.53. The first-order valence-electron chi connectivity index (χ1n) is 11.5. The van der Waals surface area contributed by atoms with Gasteiger partial charge in [-0.3, -0.25) is 19.7 Å². The van der Waals surface area contributed by atoms with Gasteiger partial charge in [-0.15, -0.1) is 0 Å². The molecule has 1 saturated heterocycles. The maximum atomic E-state index is 13.7. The maximum absolute atomic E-state index is 13.7. The summed E-state index contributed by atoms with van der Waals surface area (Å²) < 4.78 is 35.0. The zero-order chi connectivity index (χ0) is 26.5. The van der Waals surface area contributed by atoms with Crippen LogP contribution in [0, 0.1) is 6.92 Å². The van der Waals surface area contributed by atoms with Crippen molar-refractivity contribution >= 4 is 23.5 Å². The number of aryl methyl sites for hydroxylation is 1. The monoisotopic (exact) mass is 504 g/mol. The Morgan fingerprint density at radius 1 is 1.11 bits per heavy atom. The third-order valence-corrected chi connectivity index (χ3v) is 6.03. The smallest absolute Gasteiger partial charge is 0.388 e. The van der Waals surface area contributed by atoms with Gasteiger partial charge in [0.15, 0.2) is 0 Å². The quantitative estimate of drug-likeness (QED) is 0.479. The average molecular weight is 505 g/mol. The number of nitrogens with one attached hydrogen (secondary N) is 2. The van der Waals surface area contributed by atoms with Crippen molar-refractivity contribution in [1.29, 1.82) is 0 Å². The molecule has 0 spiro atoms. The highest BCUT2D eigenvalue weighted by molar-refractivity contribution is 6.02. The summed E-state index contributed by atoms with van der Waals surface area (Å²) in [7, 11) is 1.25. The van der Waals surface area contributed by atoms with E-state index in [1.54, 1.807) is 13.0 Å². The topological polar surface area (TPSA) is 110 Å². The van der Waals surface area contributed by atoms with Gasteiger partial charge < -0.3 is 19.7 Å². The first-order chi connectivity index (χ1) is 17.1. The van der Waals surface area contributed by atoms with E-state index < -0.39 is 23.9 Å². The van der Waals surface area contributed by atoms with Crippen molar-refractivity contribution in [1.82, 2.24) is 15.2 Å². The Balaban J connectivity index is 1.88. The zero-order valence-corrected chi connectivity index (χ0v) is 20.6. The number of rotatable bonds is 10. The molecular weight excluding hydrogens is 474 g/mol. The number of alkyl halides is 2. The number of ether oxygens (including phenoxy) is 2. The molecule has 0 bridgehead atoms. The molecule has 2 heterocycles. The van der Waals surface area contributed by atoms with E-state index in [1.807, 2.05) is 38.1 Å². The number of carbonyl (C=O) groups excluding carboxylic acids is 3. The molecule has 1 aromatic carbocycles. The van der Waals surface area contributed by atoms with Crippen molar-refractivity contribution in [3.63, 3.8) is 0 Å². The van der Waals surface area contributed by atoms with Gasteiger partial charge in [0.2, 0.25) is 17.7 Å². The SMILES string of the molecule is COC(=O)CNCC(=O)N1CC(C(=O)Nc2ccc(C)nc2OC(F)F)(c2ccccc2C(C)C)C1. The fourth-order valence-corrected chi connectivity index (χ4v) is 4.15. The maximum Gasteiger partial charge on any atom is 0.388 e. The lowest BCUT2D eigenvalue weighted by molar-refractivity contribution is -0.143. The van der Waals surface area contributed by atoms with Gasteiger partial charge in [0, 0.05) is 18.8 Å². The van der Waals surface area contributed by atoms with E-state index in [9.17, 15) is 23.2 Å². The fourth-order valence-electron chi connectivity index (χ4n) is 4.15. The molecule has 1 aliphatic heterocycles. The van der Waals surface area contributed by atoms with Crippen LogP contribution in [-0.4, -0.2) is 67.6 Å². The second kappa shape index (κ2) is 11.4. The van der Waals surface area contributed by atoms with Gasteiger partial charge >= 0.3 is 12.6 Å². The van der Waals surface area contributed by atoms with Crippen LogP contribution in [0.3, 0.4) is 0 Å². The van der Waals surface area contributed by atoms with Crippen LogP contribution >= 0.6 is 0 Å². The number of likely N-dealkylation sites (tertiary alicyclic amines) is 1. The van der Waals surface area contributed by atoms with E-state index in [4.69, 9.17) is 0 Å². The summed E-state index contributed by atoms with van der Waals surface area (Å²) in [4.78, 5) is 43.2. The third-order valence-electron chi connectivity index (χ3n) is 6.03. The molecule has 1 aliphatic rings. The molecule has 0 unspecified atom stereocenters. The Hall–Kier alpha value is -3.60. The van der Waals surface area contributed by atoms with Crippen molar-refractivity contribution in [3.8, 4) is 5.88 Å². The van der Waals surface area contributed by atoms with Crippen LogP contribution < -0.4 is 15.4 Å².